The summed E-state index contributed by atoms with van der Waals surface area (Å²) in [6.45, 7) is 15.2. The van der Waals surface area contributed by atoms with E-state index in [9.17, 15) is 0 Å². The van der Waals surface area contributed by atoms with Crippen molar-refractivity contribution in [2.45, 2.75) is 53.4 Å². The molecule has 2 N–H and O–H groups in total. The first kappa shape index (κ1) is 23.5. The highest BCUT2D eigenvalue weighted by Gasteiger charge is 2.19. The second kappa shape index (κ2) is 8.92. The Morgan fingerprint density at radius 1 is 0.865 bits per heavy atom. The maximum atomic E-state index is 4.99. The van der Waals surface area contributed by atoms with Gasteiger partial charge in [0.1, 0.15) is 5.82 Å². The van der Waals surface area contributed by atoms with Gasteiger partial charge in [0.25, 0.3) is 0 Å². The lowest BCUT2D eigenvalue weighted by atomic mass is 9.87. The molecule has 0 saturated heterocycles. The van der Waals surface area contributed by atoms with Crippen LogP contribution in [0.5, 0.6) is 0 Å². The van der Waals surface area contributed by atoms with Gasteiger partial charge < -0.3 is 10.3 Å². The fourth-order valence-corrected chi connectivity index (χ4v) is 5.52. The van der Waals surface area contributed by atoms with Gasteiger partial charge in [0.2, 0.25) is 0 Å². The molecule has 0 saturated carbocycles. The topological polar surface area (TPSA) is 40.7 Å². The number of benzene rings is 4. The molecule has 0 spiro atoms. The molecule has 0 atom stereocenters. The van der Waals surface area contributed by atoms with E-state index in [2.05, 4.69) is 112 Å². The predicted molar refractivity (Wildman–Crippen MR) is 159 cm³/mol. The van der Waals surface area contributed by atoms with Gasteiger partial charge in [0.15, 0.2) is 0 Å². The molecule has 0 aliphatic heterocycles. The average Bonchev–Trinajstić information content (AvgIpc) is 3.36. The summed E-state index contributed by atoms with van der Waals surface area (Å²) in [4.78, 5) is 8.62. The lowest BCUT2D eigenvalue weighted by Crippen LogP contribution is -2.19. The summed E-state index contributed by atoms with van der Waals surface area (Å²) in [7, 11) is 0. The van der Waals surface area contributed by atoms with Crippen molar-refractivity contribution in [3.8, 4) is 11.1 Å². The second-order valence-electron chi connectivity index (χ2n) is 11.1. The third-order valence-electron chi connectivity index (χ3n) is 7.92. The summed E-state index contributed by atoms with van der Waals surface area (Å²) in [6, 6.07) is 22.5. The number of allylic oxidation sites excluding steroid dienone is 2. The Kier molecular flexibility index (Phi) is 5.67. The quantitative estimate of drug-likeness (QED) is 0.244. The van der Waals surface area contributed by atoms with Gasteiger partial charge in [-0.3, -0.25) is 0 Å². The van der Waals surface area contributed by atoms with Crippen molar-refractivity contribution in [1.29, 1.82) is 0 Å². The van der Waals surface area contributed by atoms with Gasteiger partial charge in [-0.2, -0.15) is 0 Å². The van der Waals surface area contributed by atoms with Crippen molar-refractivity contribution < 1.29 is 0 Å². The third-order valence-corrected chi connectivity index (χ3v) is 7.92. The number of fused-ring (bicyclic) bond motifs is 7. The Balaban J connectivity index is 1.49. The molecule has 0 amide bonds. The highest BCUT2D eigenvalue weighted by Crippen LogP contribution is 2.38. The van der Waals surface area contributed by atoms with Crippen LogP contribution in [0.15, 0.2) is 78.5 Å². The zero-order chi connectivity index (χ0) is 25.8. The Labute approximate surface area is 219 Å². The number of aromatic amines is 1. The van der Waals surface area contributed by atoms with Crippen molar-refractivity contribution in [3.05, 3.63) is 95.5 Å². The molecule has 0 unspecified atom stereocenters. The number of imidazole rings is 1. The molecular weight excluding hydrogens is 450 g/mol. The number of hydrogen-bond acceptors (Lipinski definition) is 2. The molecule has 186 valence electrons. The third kappa shape index (κ3) is 3.94. The summed E-state index contributed by atoms with van der Waals surface area (Å²) < 4.78 is 0. The molecular formula is C34H35N3. The van der Waals surface area contributed by atoms with E-state index in [-0.39, 0.29) is 0 Å². The molecule has 3 nitrogen and oxygen atoms in total. The molecule has 1 heterocycles. The van der Waals surface area contributed by atoms with Gasteiger partial charge in [0, 0.05) is 33.6 Å². The Bertz CT molecular complexity index is 1730. The van der Waals surface area contributed by atoms with Crippen LogP contribution >= 0.6 is 0 Å². The van der Waals surface area contributed by atoms with Crippen LogP contribution in [-0.4, -0.2) is 9.97 Å². The number of aryl methyl sites for hydroxylation is 1. The van der Waals surface area contributed by atoms with Gasteiger partial charge in [0.05, 0.1) is 11.0 Å². The first-order valence-corrected chi connectivity index (χ1v) is 13.4. The Morgan fingerprint density at radius 2 is 1.59 bits per heavy atom. The summed E-state index contributed by atoms with van der Waals surface area (Å²) >= 11 is 0. The zero-order valence-corrected chi connectivity index (χ0v) is 22.5. The smallest absolute Gasteiger partial charge is 0.109 e. The summed E-state index contributed by atoms with van der Waals surface area (Å²) in [5, 5.41) is 8.59. The fourth-order valence-electron chi connectivity index (χ4n) is 5.52. The molecule has 5 aromatic rings. The second-order valence-corrected chi connectivity index (χ2v) is 11.1. The van der Waals surface area contributed by atoms with Gasteiger partial charge in [-0.1, -0.05) is 88.9 Å². The predicted octanol–water partition coefficient (Wildman–Crippen LogP) is 9.10. The van der Waals surface area contributed by atoms with Crippen molar-refractivity contribution in [2.24, 2.45) is 5.92 Å². The number of aromatic nitrogens is 2. The van der Waals surface area contributed by atoms with Gasteiger partial charge in [-0.25, -0.2) is 4.98 Å². The lowest BCUT2D eigenvalue weighted by Gasteiger charge is -2.25. The van der Waals surface area contributed by atoms with Crippen LogP contribution in [0.25, 0.3) is 49.4 Å². The molecule has 4 aromatic carbocycles. The summed E-state index contributed by atoms with van der Waals surface area (Å²) in [5.74, 6) is 1.79. The highest BCUT2D eigenvalue weighted by molar-refractivity contribution is 6.23. The number of rotatable bonds is 5. The van der Waals surface area contributed by atoms with E-state index < -0.39 is 0 Å². The first-order chi connectivity index (χ1) is 17.8. The summed E-state index contributed by atoms with van der Waals surface area (Å²) in [5.41, 5.74) is 11.1. The minimum Gasteiger partial charge on any atom is -0.359 e. The Morgan fingerprint density at radius 3 is 2.35 bits per heavy atom. The van der Waals surface area contributed by atoms with E-state index in [0.717, 1.165) is 35.4 Å². The monoisotopic (exact) mass is 485 g/mol. The van der Waals surface area contributed by atoms with Crippen molar-refractivity contribution in [3.63, 3.8) is 0 Å². The SMILES string of the molecule is C=C(NC1=C(C)CCc2cc(-c3ccc4c(c3)c3ccccc3c3nc(C(C)C)[nH]c43)ccc21)C(C)C. The Hall–Kier alpha value is -3.85. The zero-order valence-electron chi connectivity index (χ0n) is 22.5. The fraction of sp³-hybridized carbons (Fsp3) is 0.265. The number of hydrogen-bond donors (Lipinski definition) is 2. The molecule has 0 radical (unpaired) electrons. The molecule has 6 rings (SSSR count). The number of nitrogens with zero attached hydrogens (tertiary/aromatic N) is 1. The van der Waals surface area contributed by atoms with Crippen LogP contribution in [0.4, 0.5) is 0 Å². The van der Waals surface area contributed by atoms with Crippen LogP contribution in [0, 0.1) is 5.92 Å². The van der Waals surface area contributed by atoms with Gasteiger partial charge in [-0.05, 0) is 64.8 Å². The van der Waals surface area contributed by atoms with Crippen molar-refractivity contribution in [2.75, 3.05) is 0 Å². The van der Waals surface area contributed by atoms with Crippen LogP contribution in [0.1, 0.15) is 63.9 Å². The molecule has 1 aliphatic rings. The van der Waals surface area contributed by atoms with E-state index >= 15 is 0 Å². The van der Waals surface area contributed by atoms with Gasteiger partial charge >= 0.3 is 0 Å². The molecule has 0 fully saturated rings. The molecule has 0 bridgehead atoms. The highest BCUT2D eigenvalue weighted by atomic mass is 14.9. The van der Waals surface area contributed by atoms with E-state index in [4.69, 9.17) is 4.98 Å². The van der Waals surface area contributed by atoms with E-state index in [1.807, 2.05) is 0 Å². The molecule has 37 heavy (non-hydrogen) atoms. The van der Waals surface area contributed by atoms with Crippen LogP contribution in [-0.2, 0) is 6.42 Å². The van der Waals surface area contributed by atoms with E-state index in [0.29, 0.717) is 11.8 Å². The molecule has 1 aliphatic carbocycles. The van der Waals surface area contributed by atoms with Crippen molar-refractivity contribution in [1.82, 2.24) is 15.3 Å². The minimum atomic E-state index is 0.353. The van der Waals surface area contributed by atoms with Gasteiger partial charge in [-0.15, -0.1) is 0 Å². The maximum Gasteiger partial charge on any atom is 0.109 e. The van der Waals surface area contributed by atoms with Crippen LogP contribution in [0.3, 0.4) is 0 Å². The van der Waals surface area contributed by atoms with E-state index in [1.54, 1.807) is 0 Å². The number of nitrogens with one attached hydrogen (secondary N) is 2. The van der Waals surface area contributed by atoms with Crippen LogP contribution < -0.4 is 5.32 Å². The average molecular weight is 486 g/mol. The summed E-state index contributed by atoms with van der Waals surface area (Å²) in [6.07, 6.45) is 2.14. The first-order valence-electron chi connectivity index (χ1n) is 13.4. The largest absolute Gasteiger partial charge is 0.359 e. The van der Waals surface area contributed by atoms with Crippen molar-refractivity contribution >= 4 is 38.3 Å². The molecule has 1 aromatic heterocycles. The minimum absolute atomic E-state index is 0.353. The standard InChI is InChI=1S/C34H35N3/c1-19(2)22(6)35-31-21(5)11-12-25-17-23(13-15-26(25)31)24-14-16-29-30(18-24)27-9-7-8-10-28(27)32-33(29)37-34(36-32)20(3)4/h7-10,13-20,35H,6,11-12H2,1-5H3,(H,36,37). The molecule has 3 heteroatoms. The van der Waals surface area contributed by atoms with Crippen LogP contribution in [0.2, 0.25) is 0 Å². The van der Waals surface area contributed by atoms with E-state index in [1.165, 1.54) is 55.1 Å². The normalized spacial score (nSPS) is 13.8. The maximum absolute atomic E-state index is 4.99. The lowest BCUT2D eigenvalue weighted by molar-refractivity contribution is 0.719. The number of H-pyrrole nitrogens is 1.